The van der Waals surface area contributed by atoms with Crippen LogP contribution in [0.25, 0.3) is 0 Å². The van der Waals surface area contributed by atoms with E-state index in [2.05, 4.69) is 13.8 Å². The van der Waals surface area contributed by atoms with Gasteiger partial charge in [0.25, 0.3) is 0 Å². The lowest BCUT2D eigenvalue weighted by atomic mass is 10.2. The van der Waals surface area contributed by atoms with Gasteiger partial charge in [0, 0.05) is 39.3 Å². The Hall–Kier alpha value is -1.30. The topological polar surface area (TPSA) is 108 Å². The van der Waals surface area contributed by atoms with Crippen LogP contribution in [0.5, 0.6) is 0 Å². The predicted octanol–water partition coefficient (Wildman–Crippen LogP) is 3.63. The number of ether oxygens (including phenoxy) is 8. The van der Waals surface area contributed by atoms with Gasteiger partial charge >= 0.3 is 11.9 Å². The molecule has 0 radical (unpaired) electrons. The molecular formula is C25H48O10. The lowest BCUT2D eigenvalue weighted by molar-refractivity contribution is -0.173. The van der Waals surface area contributed by atoms with E-state index in [4.69, 9.17) is 37.9 Å². The number of esters is 2. The van der Waals surface area contributed by atoms with Gasteiger partial charge in [0.1, 0.15) is 13.2 Å². The molecule has 0 spiro atoms. The van der Waals surface area contributed by atoms with Crippen molar-refractivity contribution in [3.63, 3.8) is 0 Å². The third-order valence-electron chi connectivity index (χ3n) is 4.56. The molecule has 10 nitrogen and oxygen atoms in total. The first-order valence-electron chi connectivity index (χ1n) is 13.0. The fraction of sp³-hybridized carbons (Fsp3) is 0.920. The molecule has 35 heavy (non-hydrogen) atoms. The lowest BCUT2D eigenvalue weighted by Crippen LogP contribution is -2.25. The number of hydrogen-bond acceptors (Lipinski definition) is 10. The van der Waals surface area contributed by atoms with E-state index in [9.17, 15) is 9.59 Å². The molecule has 2 unspecified atom stereocenters. The Morgan fingerprint density at radius 1 is 0.543 bits per heavy atom. The largest absolute Gasteiger partial charge is 0.463 e. The summed E-state index contributed by atoms with van der Waals surface area (Å²) in [7, 11) is 0. The number of rotatable bonds is 26. The molecule has 0 aromatic carbocycles. The van der Waals surface area contributed by atoms with Gasteiger partial charge in [-0.1, -0.05) is 26.7 Å². The van der Waals surface area contributed by atoms with E-state index in [1.165, 1.54) is 0 Å². The molecule has 0 amide bonds. The van der Waals surface area contributed by atoms with Crippen molar-refractivity contribution in [1.29, 1.82) is 0 Å². The molecule has 0 heterocycles. The second kappa shape index (κ2) is 25.8. The molecule has 0 N–H and O–H groups in total. The molecule has 2 atom stereocenters. The maximum absolute atomic E-state index is 11.8. The molecule has 0 bridgehead atoms. The normalized spacial score (nSPS) is 12.9. The average Bonchev–Trinajstić information content (AvgIpc) is 2.83. The van der Waals surface area contributed by atoms with Crippen LogP contribution in [0.1, 0.15) is 72.6 Å². The summed E-state index contributed by atoms with van der Waals surface area (Å²) >= 11 is 0. The Morgan fingerprint density at radius 2 is 0.971 bits per heavy atom. The van der Waals surface area contributed by atoms with E-state index >= 15 is 0 Å². The highest BCUT2D eigenvalue weighted by Gasteiger charge is 2.11. The zero-order valence-electron chi connectivity index (χ0n) is 22.3. The van der Waals surface area contributed by atoms with Crippen molar-refractivity contribution in [2.24, 2.45) is 0 Å². The van der Waals surface area contributed by atoms with Crippen LogP contribution in [-0.4, -0.2) is 90.6 Å². The third kappa shape index (κ3) is 22.9. The second-order valence-corrected chi connectivity index (χ2v) is 7.66. The van der Waals surface area contributed by atoms with Gasteiger partial charge in [-0.3, -0.25) is 9.59 Å². The molecule has 0 rings (SSSR count). The van der Waals surface area contributed by atoms with Gasteiger partial charge in [-0.2, -0.15) is 0 Å². The molecule has 0 aliphatic rings. The fourth-order valence-electron chi connectivity index (χ4n) is 2.69. The quantitative estimate of drug-likeness (QED) is 0.0976. The Balaban J connectivity index is 3.70. The van der Waals surface area contributed by atoms with Crippen molar-refractivity contribution >= 4 is 11.9 Å². The molecule has 0 saturated heterocycles. The zero-order chi connectivity index (χ0) is 26.0. The Labute approximate surface area is 211 Å². The van der Waals surface area contributed by atoms with Gasteiger partial charge in [0.2, 0.25) is 0 Å². The van der Waals surface area contributed by atoms with Crippen LogP contribution < -0.4 is 0 Å². The first-order valence-corrected chi connectivity index (χ1v) is 13.0. The van der Waals surface area contributed by atoms with Crippen LogP contribution in [-0.2, 0) is 47.5 Å². The maximum atomic E-state index is 11.8. The number of carbonyl (C=O) groups is 2. The van der Waals surface area contributed by atoms with E-state index in [-0.39, 0.29) is 64.4 Å². The van der Waals surface area contributed by atoms with E-state index in [0.717, 1.165) is 25.7 Å². The Kier molecular flexibility index (Phi) is 24.8. The standard InChI is InChI=1S/C25H48O10/c1-5-9-14-34-24(30-7-3)20-28-16-18-32-22(26)12-11-13-23(27)33-19-17-29-21-25(31-8-4)35-15-10-6-2/h24-25H,5-21H2,1-4H3. The Morgan fingerprint density at radius 3 is 1.34 bits per heavy atom. The van der Waals surface area contributed by atoms with Crippen molar-refractivity contribution in [1.82, 2.24) is 0 Å². The molecule has 0 aromatic rings. The highest BCUT2D eigenvalue weighted by molar-refractivity contribution is 5.72. The lowest BCUT2D eigenvalue weighted by Gasteiger charge is -2.17. The molecule has 0 aliphatic heterocycles. The van der Waals surface area contributed by atoms with Gasteiger partial charge in [-0.15, -0.1) is 0 Å². The second-order valence-electron chi connectivity index (χ2n) is 7.66. The van der Waals surface area contributed by atoms with E-state index < -0.39 is 12.6 Å². The predicted molar refractivity (Wildman–Crippen MR) is 130 cm³/mol. The monoisotopic (exact) mass is 508 g/mol. The first-order chi connectivity index (χ1) is 17.1. The number of unbranched alkanes of at least 4 members (excludes halogenated alkanes) is 2. The summed E-state index contributed by atoms with van der Waals surface area (Å²) in [5.41, 5.74) is 0. The summed E-state index contributed by atoms with van der Waals surface area (Å²) in [5.74, 6) is -0.759. The third-order valence-corrected chi connectivity index (χ3v) is 4.56. The number of hydrogen-bond donors (Lipinski definition) is 0. The van der Waals surface area contributed by atoms with E-state index in [1.54, 1.807) is 0 Å². The van der Waals surface area contributed by atoms with Gasteiger partial charge in [0.05, 0.1) is 26.4 Å². The van der Waals surface area contributed by atoms with Crippen LogP contribution in [0, 0.1) is 0 Å². The molecule has 10 heteroatoms. The fourth-order valence-corrected chi connectivity index (χ4v) is 2.69. The minimum Gasteiger partial charge on any atom is -0.463 e. The van der Waals surface area contributed by atoms with E-state index in [0.29, 0.717) is 32.8 Å². The van der Waals surface area contributed by atoms with Gasteiger partial charge in [0.15, 0.2) is 12.6 Å². The van der Waals surface area contributed by atoms with E-state index in [1.807, 2.05) is 13.8 Å². The molecule has 0 aromatic heterocycles. The molecule has 0 saturated carbocycles. The van der Waals surface area contributed by atoms with Crippen molar-refractivity contribution < 1.29 is 47.5 Å². The van der Waals surface area contributed by atoms with Crippen molar-refractivity contribution in [3.05, 3.63) is 0 Å². The molecule has 0 fully saturated rings. The van der Waals surface area contributed by atoms with Crippen LogP contribution in [0.4, 0.5) is 0 Å². The molecular weight excluding hydrogens is 460 g/mol. The van der Waals surface area contributed by atoms with Crippen LogP contribution in [0.3, 0.4) is 0 Å². The van der Waals surface area contributed by atoms with Gasteiger partial charge in [-0.05, 0) is 33.1 Å². The SMILES string of the molecule is CCCCOC(COCCOC(=O)CCCC(=O)OCCOCC(OCC)OCCCC)OCC. The highest BCUT2D eigenvalue weighted by atomic mass is 16.7. The minimum atomic E-state index is -0.413. The summed E-state index contributed by atoms with van der Waals surface area (Å²) < 4.78 is 43.2. The first kappa shape index (κ1) is 33.7. The summed E-state index contributed by atoms with van der Waals surface area (Å²) in [6.45, 7) is 11.6. The molecule has 208 valence electrons. The van der Waals surface area contributed by atoms with Crippen molar-refractivity contribution in [2.75, 3.05) is 66.1 Å². The van der Waals surface area contributed by atoms with Crippen molar-refractivity contribution in [2.45, 2.75) is 85.2 Å². The van der Waals surface area contributed by atoms with Crippen LogP contribution >= 0.6 is 0 Å². The summed E-state index contributed by atoms with van der Waals surface area (Å²) in [6, 6.07) is 0. The smallest absolute Gasteiger partial charge is 0.305 e. The summed E-state index contributed by atoms with van der Waals surface area (Å²) in [5, 5.41) is 0. The number of carbonyl (C=O) groups excluding carboxylic acids is 2. The average molecular weight is 509 g/mol. The summed E-state index contributed by atoms with van der Waals surface area (Å²) in [6.07, 6.45) is 3.83. The minimum absolute atomic E-state index is 0.137. The van der Waals surface area contributed by atoms with Gasteiger partial charge in [-0.25, -0.2) is 0 Å². The van der Waals surface area contributed by atoms with Crippen LogP contribution in [0.2, 0.25) is 0 Å². The highest BCUT2D eigenvalue weighted by Crippen LogP contribution is 2.03. The van der Waals surface area contributed by atoms with Crippen LogP contribution in [0.15, 0.2) is 0 Å². The zero-order valence-corrected chi connectivity index (χ0v) is 22.3. The maximum Gasteiger partial charge on any atom is 0.305 e. The Bertz CT molecular complexity index is 447. The van der Waals surface area contributed by atoms with Gasteiger partial charge < -0.3 is 37.9 Å². The van der Waals surface area contributed by atoms with Crippen molar-refractivity contribution in [3.8, 4) is 0 Å². The summed E-state index contributed by atoms with van der Waals surface area (Å²) in [4.78, 5) is 23.6. The molecule has 0 aliphatic carbocycles.